The Kier molecular flexibility index (Phi) is 4.34. The molecule has 6 heteroatoms. The lowest BCUT2D eigenvalue weighted by atomic mass is 10.3. The van der Waals surface area contributed by atoms with Gasteiger partial charge in [-0.1, -0.05) is 0 Å². The highest BCUT2D eigenvalue weighted by Crippen LogP contribution is 2.18. The molecule has 2 N–H and O–H groups in total. The molecule has 0 radical (unpaired) electrons. The number of aromatic nitrogens is 4. The molecule has 0 fully saturated rings. The summed E-state index contributed by atoms with van der Waals surface area (Å²) in [7, 11) is 1.67. The SMILES string of the molecule is COc1ccc2nc(CNC(C)Cn3nc(C)cc3C)[nH]c2c1. The largest absolute Gasteiger partial charge is 0.497 e. The molecule has 0 spiro atoms. The lowest BCUT2D eigenvalue weighted by molar-refractivity contribution is 0.415. The Morgan fingerprint density at radius 3 is 2.83 bits per heavy atom. The zero-order chi connectivity index (χ0) is 16.4. The van der Waals surface area contributed by atoms with E-state index in [2.05, 4.69) is 40.3 Å². The summed E-state index contributed by atoms with van der Waals surface area (Å²) in [6.45, 7) is 7.79. The lowest BCUT2D eigenvalue weighted by Crippen LogP contribution is -2.31. The third-order valence-electron chi connectivity index (χ3n) is 3.91. The summed E-state index contributed by atoms with van der Waals surface area (Å²) < 4.78 is 7.27. The van der Waals surface area contributed by atoms with Crippen molar-refractivity contribution in [1.82, 2.24) is 25.1 Å². The maximum absolute atomic E-state index is 5.24. The van der Waals surface area contributed by atoms with Crippen LogP contribution in [0.1, 0.15) is 24.1 Å². The monoisotopic (exact) mass is 313 g/mol. The van der Waals surface area contributed by atoms with Crippen LogP contribution < -0.4 is 10.1 Å². The summed E-state index contributed by atoms with van der Waals surface area (Å²) in [6, 6.07) is 8.25. The molecular weight excluding hydrogens is 290 g/mol. The number of rotatable bonds is 6. The highest BCUT2D eigenvalue weighted by atomic mass is 16.5. The Morgan fingerprint density at radius 2 is 2.13 bits per heavy atom. The van der Waals surface area contributed by atoms with E-state index in [0.717, 1.165) is 34.8 Å². The Labute approximate surface area is 135 Å². The molecule has 23 heavy (non-hydrogen) atoms. The van der Waals surface area contributed by atoms with E-state index in [4.69, 9.17) is 4.74 Å². The number of benzene rings is 1. The molecule has 0 aliphatic rings. The number of ether oxygens (including phenoxy) is 1. The van der Waals surface area contributed by atoms with Gasteiger partial charge in [0.05, 0.1) is 36.9 Å². The molecule has 0 saturated carbocycles. The fourth-order valence-electron chi connectivity index (χ4n) is 2.71. The molecule has 3 aromatic rings. The van der Waals surface area contributed by atoms with Gasteiger partial charge in [-0.15, -0.1) is 0 Å². The predicted molar refractivity (Wildman–Crippen MR) is 90.6 cm³/mol. The number of aryl methyl sites for hydroxylation is 2. The number of methoxy groups -OCH3 is 1. The van der Waals surface area contributed by atoms with Crippen LogP contribution in [-0.4, -0.2) is 32.9 Å². The van der Waals surface area contributed by atoms with Gasteiger partial charge in [0.25, 0.3) is 0 Å². The molecule has 0 aliphatic carbocycles. The quantitative estimate of drug-likeness (QED) is 0.734. The number of fused-ring (bicyclic) bond motifs is 1. The molecule has 1 aromatic carbocycles. The predicted octanol–water partition coefficient (Wildman–Crippen LogP) is 2.56. The summed E-state index contributed by atoms with van der Waals surface area (Å²) in [4.78, 5) is 7.92. The minimum absolute atomic E-state index is 0.302. The van der Waals surface area contributed by atoms with Gasteiger partial charge in [0.2, 0.25) is 0 Å². The second-order valence-corrected chi connectivity index (χ2v) is 5.96. The van der Waals surface area contributed by atoms with E-state index in [9.17, 15) is 0 Å². The van der Waals surface area contributed by atoms with Gasteiger partial charge in [0.15, 0.2) is 0 Å². The van der Waals surface area contributed by atoms with Gasteiger partial charge in [-0.2, -0.15) is 5.10 Å². The van der Waals surface area contributed by atoms with Crippen LogP contribution in [0.25, 0.3) is 11.0 Å². The molecule has 3 rings (SSSR count). The molecule has 2 aromatic heterocycles. The second-order valence-electron chi connectivity index (χ2n) is 5.96. The van der Waals surface area contributed by atoms with Crippen molar-refractivity contribution in [3.05, 3.63) is 41.5 Å². The molecule has 0 aliphatic heterocycles. The van der Waals surface area contributed by atoms with Crippen LogP contribution >= 0.6 is 0 Å². The summed E-state index contributed by atoms with van der Waals surface area (Å²) in [5.41, 5.74) is 4.19. The average molecular weight is 313 g/mol. The van der Waals surface area contributed by atoms with Crippen molar-refractivity contribution in [2.24, 2.45) is 0 Å². The van der Waals surface area contributed by atoms with Crippen LogP contribution in [0.3, 0.4) is 0 Å². The third-order valence-corrected chi connectivity index (χ3v) is 3.91. The van der Waals surface area contributed by atoms with Crippen molar-refractivity contribution in [2.45, 2.75) is 39.9 Å². The minimum Gasteiger partial charge on any atom is -0.497 e. The van der Waals surface area contributed by atoms with Gasteiger partial charge in [-0.05, 0) is 39.0 Å². The maximum Gasteiger partial charge on any atom is 0.121 e. The molecule has 6 nitrogen and oxygen atoms in total. The van der Waals surface area contributed by atoms with Gasteiger partial charge in [-0.25, -0.2) is 4.98 Å². The fraction of sp³-hybridized carbons (Fsp3) is 0.412. The molecule has 122 valence electrons. The van der Waals surface area contributed by atoms with Crippen LogP contribution in [0.5, 0.6) is 5.75 Å². The van der Waals surface area contributed by atoms with E-state index in [1.165, 1.54) is 5.69 Å². The van der Waals surface area contributed by atoms with Crippen molar-refractivity contribution in [1.29, 1.82) is 0 Å². The zero-order valence-corrected chi connectivity index (χ0v) is 14.1. The Hall–Kier alpha value is -2.34. The van der Waals surface area contributed by atoms with E-state index >= 15 is 0 Å². The van der Waals surface area contributed by atoms with Gasteiger partial charge in [0, 0.05) is 17.8 Å². The van der Waals surface area contributed by atoms with Gasteiger partial charge in [-0.3, -0.25) is 4.68 Å². The Balaban J connectivity index is 1.62. The number of nitrogens with zero attached hydrogens (tertiary/aromatic N) is 3. The third kappa shape index (κ3) is 3.53. The van der Waals surface area contributed by atoms with E-state index in [-0.39, 0.29) is 0 Å². The zero-order valence-electron chi connectivity index (χ0n) is 14.1. The van der Waals surface area contributed by atoms with Crippen LogP contribution in [0.15, 0.2) is 24.3 Å². The molecule has 0 saturated heterocycles. The Bertz CT molecular complexity index is 805. The summed E-state index contributed by atoms with van der Waals surface area (Å²) in [6.07, 6.45) is 0. The standard InChI is InChI=1S/C17H23N5O/c1-11-7-13(3)22(21-11)10-12(2)18-9-17-19-15-6-5-14(23-4)8-16(15)20-17/h5-8,12,18H,9-10H2,1-4H3,(H,19,20). The number of nitrogens with one attached hydrogen (secondary N) is 2. The normalized spacial score (nSPS) is 12.7. The van der Waals surface area contributed by atoms with E-state index in [0.29, 0.717) is 12.6 Å². The first-order valence-corrected chi connectivity index (χ1v) is 7.82. The van der Waals surface area contributed by atoms with Crippen molar-refractivity contribution in [2.75, 3.05) is 7.11 Å². The van der Waals surface area contributed by atoms with E-state index in [1.54, 1.807) is 7.11 Å². The molecule has 1 unspecified atom stereocenters. The number of hydrogen-bond donors (Lipinski definition) is 2. The number of imidazole rings is 1. The van der Waals surface area contributed by atoms with Crippen LogP contribution in [0, 0.1) is 13.8 Å². The average Bonchev–Trinajstić information content (AvgIpc) is 3.07. The molecule has 2 heterocycles. The highest BCUT2D eigenvalue weighted by Gasteiger charge is 2.09. The topological polar surface area (TPSA) is 67.8 Å². The fourth-order valence-corrected chi connectivity index (χ4v) is 2.71. The molecular formula is C17H23N5O. The maximum atomic E-state index is 5.24. The Morgan fingerprint density at radius 1 is 1.30 bits per heavy atom. The summed E-state index contributed by atoms with van der Waals surface area (Å²) in [5, 5.41) is 7.99. The van der Waals surface area contributed by atoms with Crippen molar-refractivity contribution in [3.63, 3.8) is 0 Å². The molecule has 0 amide bonds. The van der Waals surface area contributed by atoms with Gasteiger partial charge < -0.3 is 15.0 Å². The molecule has 1 atom stereocenters. The first-order chi connectivity index (χ1) is 11.0. The van der Waals surface area contributed by atoms with Crippen molar-refractivity contribution >= 4 is 11.0 Å². The highest BCUT2D eigenvalue weighted by molar-refractivity contribution is 5.76. The van der Waals surface area contributed by atoms with Crippen LogP contribution in [0.2, 0.25) is 0 Å². The number of aromatic amines is 1. The van der Waals surface area contributed by atoms with Gasteiger partial charge >= 0.3 is 0 Å². The molecule has 0 bridgehead atoms. The van der Waals surface area contributed by atoms with E-state index in [1.807, 2.05) is 29.8 Å². The first kappa shape index (κ1) is 15.6. The van der Waals surface area contributed by atoms with Crippen LogP contribution in [-0.2, 0) is 13.1 Å². The smallest absolute Gasteiger partial charge is 0.121 e. The second kappa shape index (κ2) is 6.42. The first-order valence-electron chi connectivity index (χ1n) is 7.82. The summed E-state index contributed by atoms with van der Waals surface area (Å²) in [5.74, 6) is 1.76. The summed E-state index contributed by atoms with van der Waals surface area (Å²) >= 11 is 0. The van der Waals surface area contributed by atoms with Crippen molar-refractivity contribution in [3.8, 4) is 5.75 Å². The number of hydrogen-bond acceptors (Lipinski definition) is 4. The van der Waals surface area contributed by atoms with Crippen LogP contribution in [0.4, 0.5) is 0 Å². The van der Waals surface area contributed by atoms with Gasteiger partial charge in [0.1, 0.15) is 11.6 Å². The minimum atomic E-state index is 0.302. The van der Waals surface area contributed by atoms with Crippen molar-refractivity contribution < 1.29 is 4.74 Å². The van der Waals surface area contributed by atoms with E-state index < -0.39 is 0 Å². The number of H-pyrrole nitrogens is 1. The lowest BCUT2D eigenvalue weighted by Gasteiger charge is -2.14.